The molecule has 1 aliphatic carbocycles. The summed E-state index contributed by atoms with van der Waals surface area (Å²) in [5.74, 6) is 2.11. The highest BCUT2D eigenvalue weighted by Gasteiger charge is 2.36. The minimum atomic E-state index is -0.259. The number of aryl methyl sites for hydroxylation is 1. The van der Waals surface area contributed by atoms with Crippen LogP contribution < -0.4 is 20.9 Å². The normalized spacial score (nSPS) is 22.6. The summed E-state index contributed by atoms with van der Waals surface area (Å²) in [4.78, 5) is 31.8. The van der Waals surface area contributed by atoms with E-state index in [1.807, 2.05) is 38.8 Å². The summed E-state index contributed by atoms with van der Waals surface area (Å²) in [6.07, 6.45) is 4.81. The molecule has 2 aromatic rings. The topological polar surface area (TPSA) is 132 Å². The van der Waals surface area contributed by atoms with E-state index >= 15 is 0 Å². The molecule has 1 atom stereocenters. The number of likely N-dealkylation sites (N-methyl/N-ethyl adjacent to an activating group) is 1. The van der Waals surface area contributed by atoms with Crippen LogP contribution >= 0.6 is 0 Å². The number of carbonyl (C=O) groups is 1. The zero-order valence-electron chi connectivity index (χ0n) is 17.5. The van der Waals surface area contributed by atoms with Crippen molar-refractivity contribution in [2.45, 2.75) is 51.7 Å². The van der Waals surface area contributed by atoms with Gasteiger partial charge in [0.1, 0.15) is 23.6 Å². The van der Waals surface area contributed by atoms with Gasteiger partial charge in [-0.1, -0.05) is 13.8 Å². The van der Waals surface area contributed by atoms with Crippen LogP contribution in [0.4, 0.5) is 23.3 Å². The van der Waals surface area contributed by atoms with Gasteiger partial charge >= 0.3 is 0 Å². The van der Waals surface area contributed by atoms with Crippen molar-refractivity contribution in [1.82, 2.24) is 19.9 Å². The average molecular weight is 407 g/mol. The Morgan fingerprint density at radius 2 is 1.93 bits per heavy atom. The van der Waals surface area contributed by atoms with Crippen LogP contribution in [0.15, 0.2) is 12.4 Å². The van der Waals surface area contributed by atoms with E-state index in [4.69, 9.17) is 5.26 Å². The molecule has 0 spiro atoms. The van der Waals surface area contributed by atoms with E-state index < -0.39 is 0 Å². The van der Waals surface area contributed by atoms with E-state index in [1.54, 1.807) is 6.20 Å². The molecule has 1 aliphatic heterocycles. The highest BCUT2D eigenvalue weighted by molar-refractivity contribution is 6.03. The maximum atomic E-state index is 12.4. The fourth-order valence-corrected chi connectivity index (χ4v) is 3.98. The van der Waals surface area contributed by atoms with E-state index in [2.05, 4.69) is 35.9 Å². The lowest BCUT2D eigenvalue weighted by molar-refractivity contribution is -0.118. The predicted molar refractivity (Wildman–Crippen MR) is 113 cm³/mol. The van der Waals surface area contributed by atoms with Crippen LogP contribution in [0.2, 0.25) is 0 Å². The first-order chi connectivity index (χ1) is 14.4. The highest BCUT2D eigenvalue weighted by atomic mass is 16.2. The first-order valence-electron chi connectivity index (χ1n) is 10.0. The largest absolute Gasteiger partial charge is 0.366 e. The minimum Gasteiger partial charge on any atom is -0.366 e. The lowest BCUT2D eigenvalue weighted by Gasteiger charge is -2.38. The summed E-state index contributed by atoms with van der Waals surface area (Å²) in [7, 11) is 1.90. The van der Waals surface area contributed by atoms with Crippen LogP contribution in [-0.4, -0.2) is 51.0 Å². The first kappa shape index (κ1) is 19.8. The third-order valence-electron chi connectivity index (χ3n) is 5.56. The second-order valence-corrected chi connectivity index (χ2v) is 8.17. The van der Waals surface area contributed by atoms with Crippen LogP contribution in [0, 0.1) is 24.2 Å². The number of amides is 1. The second kappa shape index (κ2) is 7.74. The molecule has 1 saturated carbocycles. The molecule has 0 saturated heterocycles. The van der Waals surface area contributed by atoms with Gasteiger partial charge in [0.05, 0.1) is 18.1 Å². The van der Waals surface area contributed by atoms with Gasteiger partial charge in [0.25, 0.3) is 0 Å². The molecular formula is C20H25N9O. The number of hydrogen-bond acceptors (Lipinski definition) is 9. The molecule has 0 radical (unpaired) electrons. The number of carbonyl (C=O) groups excluding carboxylic acids is 1. The number of hydrogen-bond donors (Lipinski definition) is 3. The van der Waals surface area contributed by atoms with Crippen LogP contribution in [0.25, 0.3) is 0 Å². The molecule has 156 valence electrons. The van der Waals surface area contributed by atoms with Crippen molar-refractivity contribution in [2.24, 2.45) is 5.92 Å². The average Bonchev–Trinajstić information content (AvgIpc) is 2.67. The highest BCUT2D eigenvalue weighted by Crippen LogP contribution is 2.35. The zero-order valence-corrected chi connectivity index (χ0v) is 17.5. The van der Waals surface area contributed by atoms with Gasteiger partial charge in [0.2, 0.25) is 11.9 Å². The van der Waals surface area contributed by atoms with Crippen LogP contribution in [0.3, 0.4) is 0 Å². The Kier molecular flexibility index (Phi) is 5.11. The number of rotatable bonds is 5. The Morgan fingerprint density at radius 1 is 1.20 bits per heavy atom. The summed E-state index contributed by atoms with van der Waals surface area (Å²) < 4.78 is 0. The molecule has 0 unspecified atom stereocenters. The van der Waals surface area contributed by atoms with Crippen molar-refractivity contribution in [1.29, 1.82) is 5.26 Å². The molecule has 1 amide bonds. The van der Waals surface area contributed by atoms with Crippen molar-refractivity contribution in [3.8, 4) is 6.07 Å². The molecule has 4 rings (SSSR count). The Morgan fingerprint density at radius 3 is 2.57 bits per heavy atom. The molecule has 2 aliphatic rings. The number of anilines is 4. The molecule has 0 bridgehead atoms. The summed E-state index contributed by atoms with van der Waals surface area (Å²) in [5, 5.41) is 18.5. The summed E-state index contributed by atoms with van der Waals surface area (Å²) in [6, 6.07) is 2.22. The lowest BCUT2D eigenvalue weighted by atomic mass is 9.87. The van der Waals surface area contributed by atoms with Crippen LogP contribution in [0.1, 0.15) is 38.1 Å². The minimum absolute atomic E-state index is 0.0220. The van der Waals surface area contributed by atoms with Gasteiger partial charge < -0.3 is 20.9 Å². The second-order valence-electron chi connectivity index (χ2n) is 8.17. The molecule has 2 aromatic heterocycles. The van der Waals surface area contributed by atoms with E-state index in [-0.39, 0.29) is 30.0 Å². The Bertz CT molecular complexity index is 993. The summed E-state index contributed by atoms with van der Waals surface area (Å²) >= 11 is 0. The summed E-state index contributed by atoms with van der Waals surface area (Å²) in [6.45, 7) is 5.93. The van der Waals surface area contributed by atoms with Crippen molar-refractivity contribution < 1.29 is 4.79 Å². The molecule has 3 N–H and O–H groups in total. The molecule has 1 fully saturated rings. The molecule has 3 heterocycles. The van der Waals surface area contributed by atoms with E-state index in [0.29, 0.717) is 23.1 Å². The number of nitrogens with one attached hydrogen (secondary N) is 3. The summed E-state index contributed by atoms with van der Waals surface area (Å²) in [5.41, 5.74) is 1.72. The maximum Gasteiger partial charge on any atom is 0.247 e. The van der Waals surface area contributed by atoms with Crippen molar-refractivity contribution in [3.63, 3.8) is 0 Å². The zero-order chi connectivity index (χ0) is 21.4. The predicted octanol–water partition coefficient (Wildman–Crippen LogP) is 1.91. The van der Waals surface area contributed by atoms with Crippen LogP contribution in [-0.2, 0) is 4.79 Å². The first-order valence-corrected chi connectivity index (χ1v) is 10.0. The SMILES string of the molecule is Cc1nc(N[C@H]2C[C@@H](Nc3cnc(C#N)cn3)C2)nc2c1NC(=O)[C@H](C(C)C)N2C. The molecule has 10 nitrogen and oxygen atoms in total. The number of aromatic nitrogens is 4. The molecule has 10 heteroatoms. The third-order valence-corrected chi connectivity index (χ3v) is 5.56. The van der Waals surface area contributed by atoms with E-state index in [0.717, 1.165) is 24.4 Å². The third kappa shape index (κ3) is 3.70. The van der Waals surface area contributed by atoms with Gasteiger partial charge in [-0.05, 0) is 25.7 Å². The standard InChI is InChI=1S/C20H25N9O/c1-10(2)17-19(30)27-16-11(3)24-20(28-18(16)29(17)4)26-13-5-12(6-13)25-15-9-22-14(7-21)8-23-15/h8-10,12-13,17H,5-6H2,1-4H3,(H,23,25)(H,27,30)(H,24,26,28)/t12-,13+,17-/m0/s1. The number of fused-ring (bicyclic) bond motifs is 1. The molecule has 0 aromatic carbocycles. The van der Waals surface area contributed by atoms with Gasteiger partial charge in [-0.15, -0.1) is 0 Å². The quantitative estimate of drug-likeness (QED) is 0.680. The Hall–Kier alpha value is -3.48. The van der Waals surface area contributed by atoms with Gasteiger partial charge in [0.15, 0.2) is 11.5 Å². The fourth-order valence-electron chi connectivity index (χ4n) is 3.98. The van der Waals surface area contributed by atoms with E-state index in [9.17, 15) is 4.79 Å². The van der Waals surface area contributed by atoms with Gasteiger partial charge in [-0.25, -0.2) is 15.0 Å². The lowest BCUT2D eigenvalue weighted by Crippen LogP contribution is -2.50. The Balaban J connectivity index is 1.40. The Labute approximate surface area is 175 Å². The van der Waals surface area contributed by atoms with Crippen LogP contribution in [0.5, 0.6) is 0 Å². The van der Waals surface area contributed by atoms with Gasteiger partial charge in [-0.2, -0.15) is 10.2 Å². The maximum absolute atomic E-state index is 12.4. The van der Waals surface area contributed by atoms with Gasteiger partial charge in [0, 0.05) is 19.1 Å². The van der Waals surface area contributed by atoms with E-state index in [1.165, 1.54) is 6.20 Å². The van der Waals surface area contributed by atoms with Gasteiger partial charge in [-0.3, -0.25) is 4.79 Å². The monoisotopic (exact) mass is 407 g/mol. The van der Waals surface area contributed by atoms with Crippen molar-refractivity contribution >= 4 is 29.2 Å². The van der Waals surface area contributed by atoms with Crippen molar-refractivity contribution in [3.05, 3.63) is 23.8 Å². The fraction of sp³-hybridized carbons (Fsp3) is 0.500. The van der Waals surface area contributed by atoms with Crippen molar-refractivity contribution in [2.75, 3.05) is 27.9 Å². The number of nitriles is 1. The molecule has 30 heavy (non-hydrogen) atoms. The molecular weight excluding hydrogens is 382 g/mol. The number of nitrogens with zero attached hydrogens (tertiary/aromatic N) is 6. The smallest absolute Gasteiger partial charge is 0.247 e.